The number of aryl methyl sites for hydroxylation is 2. The molecule has 0 aliphatic rings. The second kappa shape index (κ2) is 6.80. The number of nitrogens with zero attached hydrogens (tertiary/aromatic N) is 3. The minimum atomic E-state index is 0.498. The van der Waals surface area contributed by atoms with Gasteiger partial charge in [-0.25, -0.2) is 4.98 Å². The largest absolute Gasteiger partial charge is 0.339 e. The fourth-order valence-electron chi connectivity index (χ4n) is 2.26. The number of nitriles is 1. The van der Waals surface area contributed by atoms with Crippen molar-refractivity contribution >= 4 is 23.1 Å². The molecule has 5 heteroatoms. The van der Waals surface area contributed by atoms with Crippen molar-refractivity contribution in [3.8, 4) is 6.07 Å². The van der Waals surface area contributed by atoms with Gasteiger partial charge in [0.1, 0.15) is 11.9 Å². The van der Waals surface area contributed by atoms with E-state index in [1.807, 2.05) is 24.3 Å². The number of nitrogens with one attached hydrogen (secondary N) is 2. The standard InChI is InChI=1S/C19H17N5/c1-13-7-8-16(11-14(13)2)22-19-21-10-9-18(24-19)23-17-6-4-3-5-15(17)12-20/h3-11H,1-2H3,(H2,21,22,23,24). The van der Waals surface area contributed by atoms with Crippen molar-refractivity contribution in [2.24, 2.45) is 0 Å². The van der Waals surface area contributed by atoms with E-state index in [0.29, 0.717) is 17.3 Å². The van der Waals surface area contributed by atoms with Crippen molar-refractivity contribution in [1.29, 1.82) is 5.26 Å². The van der Waals surface area contributed by atoms with Gasteiger partial charge in [-0.1, -0.05) is 18.2 Å². The molecule has 0 aliphatic heterocycles. The molecule has 0 fully saturated rings. The minimum Gasteiger partial charge on any atom is -0.339 e. The van der Waals surface area contributed by atoms with E-state index in [-0.39, 0.29) is 0 Å². The highest BCUT2D eigenvalue weighted by molar-refractivity contribution is 5.65. The van der Waals surface area contributed by atoms with Gasteiger partial charge >= 0.3 is 0 Å². The van der Waals surface area contributed by atoms with Crippen molar-refractivity contribution < 1.29 is 0 Å². The molecule has 2 N–H and O–H groups in total. The Kier molecular flexibility index (Phi) is 4.39. The predicted molar refractivity (Wildman–Crippen MR) is 95.7 cm³/mol. The van der Waals surface area contributed by atoms with Crippen molar-refractivity contribution in [1.82, 2.24) is 9.97 Å². The van der Waals surface area contributed by atoms with E-state index in [1.165, 1.54) is 11.1 Å². The summed E-state index contributed by atoms with van der Waals surface area (Å²) in [5, 5.41) is 15.5. The first-order chi connectivity index (χ1) is 11.7. The van der Waals surface area contributed by atoms with Crippen LogP contribution >= 0.6 is 0 Å². The summed E-state index contributed by atoms with van der Waals surface area (Å²) in [6.07, 6.45) is 1.67. The number of anilines is 4. The lowest BCUT2D eigenvalue weighted by atomic mass is 10.1. The van der Waals surface area contributed by atoms with Crippen LogP contribution in [0.25, 0.3) is 0 Å². The van der Waals surface area contributed by atoms with Crippen molar-refractivity contribution in [3.05, 3.63) is 71.4 Å². The molecule has 1 heterocycles. The van der Waals surface area contributed by atoms with Gasteiger partial charge in [0.05, 0.1) is 11.3 Å². The van der Waals surface area contributed by atoms with Crippen molar-refractivity contribution in [2.45, 2.75) is 13.8 Å². The van der Waals surface area contributed by atoms with E-state index in [9.17, 15) is 0 Å². The van der Waals surface area contributed by atoms with Gasteiger partial charge in [0.25, 0.3) is 0 Å². The summed E-state index contributed by atoms with van der Waals surface area (Å²) in [6.45, 7) is 4.14. The summed E-state index contributed by atoms with van der Waals surface area (Å²) in [5.41, 5.74) is 4.67. The number of aromatic nitrogens is 2. The quantitative estimate of drug-likeness (QED) is 0.744. The predicted octanol–water partition coefficient (Wildman–Crippen LogP) is 4.45. The summed E-state index contributed by atoms with van der Waals surface area (Å²) in [5.74, 6) is 1.12. The number of hydrogen-bond acceptors (Lipinski definition) is 5. The fraction of sp³-hybridized carbons (Fsp3) is 0.105. The molecule has 2 aromatic carbocycles. The van der Waals surface area contributed by atoms with Crippen LogP contribution in [0.4, 0.5) is 23.1 Å². The highest BCUT2D eigenvalue weighted by Gasteiger charge is 2.04. The molecule has 0 spiro atoms. The van der Waals surface area contributed by atoms with Crippen LogP contribution in [-0.4, -0.2) is 9.97 Å². The SMILES string of the molecule is Cc1ccc(Nc2nccc(Nc3ccccc3C#N)n2)cc1C. The molecular formula is C19H17N5. The van der Waals surface area contributed by atoms with Gasteiger partial charge < -0.3 is 10.6 Å². The Balaban J connectivity index is 1.81. The molecule has 5 nitrogen and oxygen atoms in total. The number of hydrogen-bond donors (Lipinski definition) is 2. The Labute approximate surface area is 141 Å². The number of para-hydroxylation sites is 1. The lowest BCUT2D eigenvalue weighted by molar-refractivity contribution is 1.16. The third-order valence-electron chi connectivity index (χ3n) is 3.73. The molecule has 0 unspecified atom stereocenters. The number of benzene rings is 2. The normalized spacial score (nSPS) is 10.0. The van der Waals surface area contributed by atoms with Crippen molar-refractivity contribution in [2.75, 3.05) is 10.6 Å². The van der Waals surface area contributed by atoms with E-state index >= 15 is 0 Å². The topological polar surface area (TPSA) is 73.6 Å². The van der Waals surface area contributed by atoms with Gasteiger partial charge in [0.2, 0.25) is 5.95 Å². The lowest BCUT2D eigenvalue weighted by Gasteiger charge is -2.10. The van der Waals surface area contributed by atoms with E-state index in [4.69, 9.17) is 5.26 Å². The van der Waals surface area contributed by atoms with Crippen molar-refractivity contribution in [3.63, 3.8) is 0 Å². The summed E-state index contributed by atoms with van der Waals surface area (Å²) in [6, 6.07) is 17.3. The first kappa shape index (κ1) is 15.5. The highest BCUT2D eigenvalue weighted by Crippen LogP contribution is 2.21. The maximum Gasteiger partial charge on any atom is 0.229 e. The third-order valence-corrected chi connectivity index (χ3v) is 3.73. The van der Waals surface area contributed by atoms with E-state index < -0.39 is 0 Å². The van der Waals surface area contributed by atoms with Crippen LogP contribution < -0.4 is 10.6 Å². The molecule has 0 aliphatic carbocycles. The van der Waals surface area contributed by atoms with Gasteiger partial charge in [-0.05, 0) is 55.3 Å². The molecule has 0 radical (unpaired) electrons. The second-order valence-corrected chi connectivity index (χ2v) is 5.47. The van der Waals surface area contributed by atoms with Gasteiger partial charge in [0, 0.05) is 11.9 Å². The van der Waals surface area contributed by atoms with Gasteiger partial charge in [0.15, 0.2) is 0 Å². The van der Waals surface area contributed by atoms with Crippen LogP contribution in [0.15, 0.2) is 54.7 Å². The first-order valence-corrected chi connectivity index (χ1v) is 7.59. The molecule has 118 valence electrons. The summed E-state index contributed by atoms with van der Waals surface area (Å²) in [4.78, 5) is 8.69. The molecule has 3 aromatic rings. The van der Waals surface area contributed by atoms with Crippen LogP contribution in [0.5, 0.6) is 0 Å². The lowest BCUT2D eigenvalue weighted by Crippen LogP contribution is -2.01. The molecule has 24 heavy (non-hydrogen) atoms. The zero-order valence-corrected chi connectivity index (χ0v) is 13.5. The Morgan fingerprint density at radius 3 is 2.58 bits per heavy atom. The molecule has 0 saturated carbocycles. The average molecular weight is 315 g/mol. The Bertz CT molecular complexity index is 912. The average Bonchev–Trinajstić information content (AvgIpc) is 2.59. The highest BCUT2D eigenvalue weighted by atomic mass is 15.1. The maximum absolute atomic E-state index is 9.16. The molecular weight excluding hydrogens is 298 g/mol. The van der Waals surface area contributed by atoms with Crippen LogP contribution in [0.1, 0.15) is 16.7 Å². The van der Waals surface area contributed by atoms with Gasteiger partial charge in [-0.15, -0.1) is 0 Å². The Hall–Kier alpha value is -3.39. The Morgan fingerprint density at radius 1 is 0.958 bits per heavy atom. The smallest absolute Gasteiger partial charge is 0.229 e. The third kappa shape index (κ3) is 3.50. The molecule has 1 aromatic heterocycles. The van der Waals surface area contributed by atoms with Crippen LogP contribution in [0.3, 0.4) is 0 Å². The summed E-state index contributed by atoms with van der Waals surface area (Å²) in [7, 11) is 0. The summed E-state index contributed by atoms with van der Waals surface area (Å²) >= 11 is 0. The molecule has 0 bridgehead atoms. The molecule has 0 saturated heterocycles. The van der Waals surface area contributed by atoms with E-state index in [1.54, 1.807) is 18.3 Å². The molecule has 3 rings (SSSR count). The monoisotopic (exact) mass is 315 g/mol. The second-order valence-electron chi connectivity index (χ2n) is 5.47. The fourth-order valence-corrected chi connectivity index (χ4v) is 2.26. The van der Waals surface area contributed by atoms with Gasteiger partial charge in [-0.3, -0.25) is 0 Å². The first-order valence-electron chi connectivity index (χ1n) is 7.59. The summed E-state index contributed by atoms with van der Waals surface area (Å²) < 4.78 is 0. The van der Waals surface area contributed by atoms with Crippen LogP contribution in [-0.2, 0) is 0 Å². The zero-order valence-electron chi connectivity index (χ0n) is 13.5. The van der Waals surface area contributed by atoms with Crippen LogP contribution in [0, 0.1) is 25.2 Å². The molecule has 0 amide bonds. The Morgan fingerprint density at radius 2 is 1.79 bits per heavy atom. The minimum absolute atomic E-state index is 0.498. The zero-order chi connectivity index (χ0) is 16.9. The molecule has 0 atom stereocenters. The maximum atomic E-state index is 9.16. The van der Waals surface area contributed by atoms with E-state index in [2.05, 4.69) is 52.7 Å². The number of rotatable bonds is 4. The van der Waals surface area contributed by atoms with Gasteiger partial charge in [-0.2, -0.15) is 10.2 Å². The van der Waals surface area contributed by atoms with E-state index in [0.717, 1.165) is 11.4 Å². The van der Waals surface area contributed by atoms with Crippen LogP contribution in [0.2, 0.25) is 0 Å².